The van der Waals surface area contributed by atoms with E-state index in [9.17, 15) is 4.79 Å². The summed E-state index contributed by atoms with van der Waals surface area (Å²) in [6.45, 7) is 4.30. The van der Waals surface area contributed by atoms with Gasteiger partial charge in [0.15, 0.2) is 0 Å². The highest BCUT2D eigenvalue weighted by Crippen LogP contribution is 2.25. The van der Waals surface area contributed by atoms with Crippen molar-refractivity contribution in [1.82, 2.24) is 10.9 Å². The van der Waals surface area contributed by atoms with Crippen molar-refractivity contribution in [2.75, 3.05) is 0 Å². The molecule has 4 heteroatoms. The molecular weight excluding hydrogens is 202 g/mol. The second-order valence-electron chi connectivity index (χ2n) is 4.42. The van der Waals surface area contributed by atoms with E-state index in [0.29, 0.717) is 12.1 Å². The van der Waals surface area contributed by atoms with Crippen LogP contribution in [0.4, 0.5) is 0 Å². The molecule has 2 N–H and O–H groups in total. The molecule has 1 aliphatic heterocycles. The minimum Gasteiger partial charge on any atom is -0.287 e. The first-order valence-electron chi connectivity index (χ1n) is 5.12. The summed E-state index contributed by atoms with van der Waals surface area (Å²) in [5.41, 5.74) is 7.27. The highest BCUT2D eigenvalue weighted by molar-refractivity contribution is 5.96. The summed E-state index contributed by atoms with van der Waals surface area (Å²) >= 11 is 0. The normalized spacial score (nSPS) is 14.9. The summed E-state index contributed by atoms with van der Waals surface area (Å²) in [5.74, 6) is -0.142. The van der Waals surface area contributed by atoms with E-state index in [1.165, 1.54) is 0 Å². The Bertz CT molecular complexity index is 486. The van der Waals surface area contributed by atoms with Gasteiger partial charge < -0.3 is 0 Å². The molecule has 1 amide bonds. The second kappa shape index (κ2) is 3.62. The number of benzene rings is 1. The molecule has 0 bridgehead atoms. The number of carbonyl (C=O) groups is 1. The van der Waals surface area contributed by atoms with Crippen LogP contribution in [0.2, 0.25) is 0 Å². The van der Waals surface area contributed by atoms with Gasteiger partial charge in [-0.3, -0.25) is 10.2 Å². The van der Waals surface area contributed by atoms with E-state index >= 15 is 0 Å². The van der Waals surface area contributed by atoms with Gasteiger partial charge in [-0.1, -0.05) is 12.1 Å². The zero-order valence-electron chi connectivity index (χ0n) is 9.29. The topological polar surface area (TPSA) is 64.9 Å². The maximum absolute atomic E-state index is 11.6. The van der Waals surface area contributed by atoms with Gasteiger partial charge in [-0.15, -0.1) is 0 Å². The lowest BCUT2D eigenvalue weighted by atomic mass is 9.84. The molecule has 0 radical (unpaired) electrons. The highest BCUT2D eigenvalue weighted by atomic mass is 16.2. The maximum atomic E-state index is 11.6. The smallest absolute Gasteiger partial charge is 0.265 e. The van der Waals surface area contributed by atoms with E-state index < -0.39 is 5.41 Å². The Labute approximate surface area is 94.2 Å². The minimum absolute atomic E-state index is 0.142. The molecule has 2 rings (SSSR count). The van der Waals surface area contributed by atoms with Gasteiger partial charge in [-0.05, 0) is 31.0 Å². The lowest BCUT2D eigenvalue weighted by Crippen LogP contribution is -2.42. The van der Waals surface area contributed by atoms with Crippen LogP contribution >= 0.6 is 0 Å². The Kier molecular flexibility index (Phi) is 2.41. The number of nitrogens with zero attached hydrogens (tertiary/aromatic N) is 1. The van der Waals surface area contributed by atoms with Crippen molar-refractivity contribution in [2.24, 2.45) is 0 Å². The van der Waals surface area contributed by atoms with E-state index in [0.717, 1.165) is 11.1 Å². The molecule has 0 saturated carbocycles. The van der Waals surface area contributed by atoms with Crippen molar-refractivity contribution in [1.29, 1.82) is 5.26 Å². The lowest BCUT2D eigenvalue weighted by molar-refractivity contribution is 0.0920. The van der Waals surface area contributed by atoms with E-state index in [1.54, 1.807) is 6.07 Å². The predicted molar refractivity (Wildman–Crippen MR) is 59.4 cm³/mol. The van der Waals surface area contributed by atoms with Crippen LogP contribution < -0.4 is 10.9 Å². The van der Waals surface area contributed by atoms with Crippen molar-refractivity contribution in [3.63, 3.8) is 0 Å². The molecule has 0 fully saturated rings. The molecular formula is C12H13N3O. The summed E-state index contributed by atoms with van der Waals surface area (Å²) in [6, 6.07) is 7.84. The molecule has 82 valence electrons. The average molecular weight is 215 g/mol. The number of fused-ring (bicyclic) bond motifs is 1. The minimum atomic E-state index is -0.569. The van der Waals surface area contributed by atoms with Gasteiger partial charge in [0.2, 0.25) is 0 Å². The monoisotopic (exact) mass is 215 g/mol. The number of nitriles is 1. The van der Waals surface area contributed by atoms with Gasteiger partial charge in [0.05, 0.1) is 11.5 Å². The molecule has 1 aliphatic rings. The first kappa shape index (κ1) is 10.7. The first-order valence-corrected chi connectivity index (χ1v) is 5.12. The second-order valence-corrected chi connectivity index (χ2v) is 4.42. The number of hydrogen-bond acceptors (Lipinski definition) is 3. The SMILES string of the molecule is CC(C)(C#N)c1ccc2c(c1)C(=O)NNC2. The molecule has 0 saturated heterocycles. The zero-order chi connectivity index (χ0) is 11.8. The Morgan fingerprint density at radius 2 is 2.19 bits per heavy atom. The summed E-state index contributed by atoms with van der Waals surface area (Å²) in [7, 11) is 0. The maximum Gasteiger partial charge on any atom is 0.265 e. The van der Waals surface area contributed by atoms with Gasteiger partial charge in [-0.2, -0.15) is 5.26 Å². The zero-order valence-corrected chi connectivity index (χ0v) is 9.29. The number of hydrazine groups is 1. The molecule has 4 nitrogen and oxygen atoms in total. The van der Waals surface area contributed by atoms with Crippen molar-refractivity contribution >= 4 is 5.91 Å². The van der Waals surface area contributed by atoms with Crippen LogP contribution in [0.1, 0.15) is 35.3 Å². The van der Waals surface area contributed by atoms with Crippen LogP contribution in [-0.2, 0) is 12.0 Å². The van der Waals surface area contributed by atoms with Crippen LogP contribution in [0.3, 0.4) is 0 Å². The average Bonchev–Trinajstić information content (AvgIpc) is 2.29. The third-order valence-corrected chi connectivity index (χ3v) is 2.84. The van der Waals surface area contributed by atoms with Crippen molar-refractivity contribution in [2.45, 2.75) is 25.8 Å². The van der Waals surface area contributed by atoms with Crippen LogP contribution in [0.15, 0.2) is 18.2 Å². The fourth-order valence-electron chi connectivity index (χ4n) is 1.68. The molecule has 0 spiro atoms. The Hall–Kier alpha value is -1.86. The van der Waals surface area contributed by atoms with Crippen molar-refractivity contribution in [3.8, 4) is 6.07 Å². The van der Waals surface area contributed by atoms with Gasteiger partial charge in [-0.25, -0.2) is 5.43 Å². The summed E-state index contributed by atoms with van der Waals surface area (Å²) in [6.07, 6.45) is 0. The van der Waals surface area contributed by atoms with Crippen LogP contribution in [0.25, 0.3) is 0 Å². The molecule has 16 heavy (non-hydrogen) atoms. The lowest BCUT2D eigenvalue weighted by Gasteiger charge is -2.21. The molecule has 1 aromatic rings. The van der Waals surface area contributed by atoms with Crippen LogP contribution in [-0.4, -0.2) is 5.91 Å². The van der Waals surface area contributed by atoms with Crippen molar-refractivity contribution < 1.29 is 4.79 Å². The first-order chi connectivity index (χ1) is 7.54. The number of nitrogens with one attached hydrogen (secondary N) is 2. The summed E-state index contributed by atoms with van der Waals surface area (Å²) in [4.78, 5) is 11.6. The molecule has 0 aromatic heterocycles. The van der Waals surface area contributed by atoms with Gasteiger partial charge in [0.25, 0.3) is 5.91 Å². The Balaban J connectivity index is 2.51. The van der Waals surface area contributed by atoms with E-state index in [4.69, 9.17) is 5.26 Å². The largest absolute Gasteiger partial charge is 0.287 e. The number of carbonyl (C=O) groups excluding carboxylic acids is 1. The number of hydrogen-bond donors (Lipinski definition) is 2. The molecule has 0 unspecified atom stereocenters. The summed E-state index contributed by atoms with van der Waals surface area (Å²) in [5, 5.41) is 9.05. The third kappa shape index (κ3) is 1.66. The molecule has 0 atom stereocenters. The predicted octanol–water partition coefficient (Wildman–Crippen LogP) is 1.24. The van der Waals surface area contributed by atoms with Gasteiger partial charge in [0, 0.05) is 12.1 Å². The Morgan fingerprint density at radius 3 is 2.88 bits per heavy atom. The summed E-state index contributed by atoms with van der Waals surface area (Å²) < 4.78 is 0. The van der Waals surface area contributed by atoms with Crippen LogP contribution in [0, 0.1) is 11.3 Å². The van der Waals surface area contributed by atoms with E-state index in [-0.39, 0.29) is 5.91 Å². The number of rotatable bonds is 1. The fraction of sp³-hybridized carbons (Fsp3) is 0.333. The van der Waals surface area contributed by atoms with E-state index in [1.807, 2.05) is 26.0 Å². The van der Waals surface area contributed by atoms with E-state index in [2.05, 4.69) is 16.9 Å². The number of amides is 1. The standard InChI is InChI=1S/C12H13N3O/c1-12(2,7-13)9-4-3-8-6-14-15-11(16)10(8)5-9/h3-5,14H,6H2,1-2H3,(H,15,16). The third-order valence-electron chi connectivity index (χ3n) is 2.84. The fourth-order valence-corrected chi connectivity index (χ4v) is 1.68. The Morgan fingerprint density at radius 1 is 1.44 bits per heavy atom. The van der Waals surface area contributed by atoms with Crippen LogP contribution in [0.5, 0.6) is 0 Å². The highest BCUT2D eigenvalue weighted by Gasteiger charge is 2.23. The molecule has 1 heterocycles. The van der Waals surface area contributed by atoms with Crippen molar-refractivity contribution in [3.05, 3.63) is 34.9 Å². The molecule has 0 aliphatic carbocycles. The van der Waals surface area contributed by atoms with Gasteiger partial charge in [0.1, 0.15) is 0 Å². The van der Waals surface area contributed by atoms with Gasteiger partial charge >= 0.3 is 0 Å². The molecule has 1 aromatic carbocycles. The quantitative estimate of drug-likeness (QED) is 0.740.